The lowest BCUT2D eigenvalue weighted by Gasteiger charge is -2.20. The van der Waals surface area contributed by atoms with Crippen molar-refractivity contribution in [2.75, 3.05) is 13.1 Å². The zero-order chi connectivity index (χ0) is 10.8. The number of carbonyl (C=O) groups excluding carboxylic acids is 1. The normalized spacial score (nSPS) is 19.6. The fraction of sp³-hybridized carbons (Fsp3) is 0.750. The predicted molar refractivity (Wildman–Crippen MR) is 41.0 cm³/mol. The summed E-state index contributed by atoms with van der Waals surface area (Å²) >= 11 is 0. The number of nitriles is 1. The van der Waals surface area contributed by atoms with E-state index in [0.29, 0.717) is 13.0 Å². The molecule has 1 atom stereocenters. The number of likely N-dealkylation sites (tertiary alicyclic amines) is 1. The van der Waals surface area contributed by atoms with Gasteiger partial charge in [-0.25, -0.2) is 0 Å². The Balaban J connectivity index is 2.58. The third-order valence-electron chi connectivity index (χ3n) is 2.13. The van der Waals surface area contributed by atoms with Crippen LogP contribution in [0.25, 0.3) is 0 Å². The molecular formula is C8H9F3N2O. The number of alkyl halides is 3. The monoisotopic (exact) mass is 206 g/mol. The number of hydrogen-bond acceptors (Lipinski definition) is 2. The Labute approximate surface area is 79.1 Å². The van der Waals surface area contributed by atoms with Crippen LogP contribution < -0.4 is 0 Å². The first-order chi connectivity index (χ1) is 6.45. The van der Waals surface area contributed by atoms with Crippen LogP contribution in [0.1, 0.15) is 12.8 Å². The van der Waals surface area contributed by atoms with Crippen molar-refractivity contribution >= 4 is 5.91 Å². The lowest BCUT2D eigenvalue weighted by atomic mass is 10.1. The highest BCUT2D eigenvalue weighted by atomic mass is 19.4. The van der Waals surface area contributed by atoms with E-state index in [9.17, 15) is 18.0 Å². The fourth-order valence-corrected chi connectivity index (χ4v) is 1.33. The van der Waals surface area contributed by atoms with Crippen LogP contribution in [0.5, 0.6) is 0 Å². The van der Waals surface area contributed by atoms with E-state index in [2.05, 4.69) is 0 Å². The summed E-state index contributed by atoms with van der Waals surface area (Å²) in [6.07, 6.45) is -3.68. The third-order valence-corrected chi connectivity index (χ3v) is 2.13. The molecule has 1 unspecified atom stereocenters. The molecule has 1 aliphatic heterocycles. The molecule has 1 amide bonds. The van der Waals surface area contributed by atoms with Crippen LogP contribution in [0, 0.1) is 17.2 Å². The first-order valence-corrected chi connectivity index (χ1v) is 4.19. The fourth-order valence-electron chi connectivity index (χ4n) is 1.33. The first-order valence-electron chi connectivity index (χ1n) is 4.19. The standard InChI is InChI=1S/C8H9F3N2O/c9-8(10,11)6(4-12)5-13-3-1-2-7(13)14/h6H,1-3,5H2. The first kappa shape index (κ1) is 10.8. The topological polar surface area (TPSA) is 44.1 Å². The molecule has 14 heavy (non-hydrogen) atoms. The van der Waals surface area contributed by atoms with Gasteiger partial charge in [0.2, 0.25) is 5.91 Å². The third kappa shape index (κ3) is 2.37. The van der Waals surface area contributed by atoms with E-state index < -0.39 is 18.6 Å². The zero-order valence-electron chi connectivity index (χ0n) is 7.34. The summed E-state index contributed by atoms with van der Waals surface area (Å²) in [6, 6.07) is 1.17. The van der Waals surface area contributed by atoms with Crippen molar-refractivity contribution in [3.05, 3.63) is 0 Å². The molecule has 1 rings (SSSR count). The number of amides is 1. The van der Waals surface area contributed by atoms with Crippen LogP contribution in [0.4, 0.5) is 13.2 Å². The minimum atomic E-state index is -4.54. The van der Waals surface area contributed by atoms with E-state index >= 15 is 0 Å². The van der Waals surface area contributed by atoms with Gasteiger partial charge in [-0.3, -0.25) is 4.79 Å². The van der Waals surface area contributed by atoms with Gasteiger partial charge in [0, 0.05) is 19.5 Å². The smallest absolute Gasteiger partial charge is 0.341 e. The second-order valence-corrected chi connectivity index (χ2v) is 3.17. The molecule has 1 aliphatic rings. The molecule has 1 fully saturated rings. The number of nitrogens with zero attached hydrogens (tertiary/aromatic N) is 2. The van der Waals surface area contributed by atoms with Crippen LogP contribution >= 0.6 is 0 Å². The molecule has 6 heteroatoms. The molecule has 3 nitrogen and oxygen atoms in total. The summed E-state index contributed by atoms with van der Waals surface area (Å²) in [5.74, 6) is -2.36. The highest BCUT2D eigenvalue weighted by molar-refractivity contribution is 5.78. The van der Waals surface area contributed by atoms with Gasteiger partial charge in [0.1, 0.15) is 0 Å². The van der Waals surface area contributed by atoms with Crippen molar-refractivity contribution in [3.63, 3.8) is 0 Å². The van der Waals surface area contributed by atoms with Crippen molar-refractivity contribution in [3.8, 4) is 6.07 Å². The summed E-state index contributed by atoms with van der Waals surface area (Å²) in [4.78, 5) is 12.1. The van der Waals surface area contributed by atoms with E-state index in [4.69, 9.17) is 5.26 Å². The van der Waals surface area contributed by atoms with Crippen LogP contribution in [0.2, 0.25) is 0 Å². The molecule has 0 aliphatic carbocycles. The Bertz CT molecular complexity index is 269. The average Bonchev–Trinajstić information content (AvgIpc) is 2.45. The van der Waals surface area contributed by atoms with Crippen molar-refractivity contribution in [1.82, 2.24) is 4.90 Å². The van der Waals surface area contributed by atoms with Gasteiger partial charge in [0.15, 0.2) is 5.92 Å². The molecule has 0 bridgehead atoms. The quantitative estimate of drug-likeness (QED) is 0.683. The highest BCUT2D eigenvalue weighted by Crippen LogP contribution is 2.27. The maximum Gasteiger partial charge on any atom is 0.406 e. The van der Waals surface area contributed by atoms with Crippen LogP contribution in [0.3, 0.4) is 0 Å². The summed E-state index contributed by atoms with van der Waals surface area (Å²) in [5.41, 5.74) is 0. The molecule has 1 saturated heterocycles. The van der Waals surface area contributed by atoms with E-state index in [-0.39, 0.29) is 12.3 Å². The number of rotatable bonds is 2. The summed E-state index contributed by atoms with van der Waals surface area (Å²) < 4.78 is 36.4. The van der Waals surface area contributed by atoms with Crippen molar-refractivity contribution < 1.29 is 18.0 Å². The molecule has 78 valence electrons. The van der Waals surface area contributed by atoms with Crippen LogP contribution in [-0.4, -0.2) is 30.1 Å². The van der Waals surface area contributed by atoms with Crippen molar-refractivity contribution in [2.24, 2.45) is 5.92 Å². The highest BCUT2D eigenvalue weighted by Gasteiger charge is 2.42. The van der Waals surface area contributed by atoms with E-state index in [0.717, 1.165) is 4.90 Å². The molecule has 0 aromatic carbocycles. The van der Waals surface area contributed by atoms with E-state index in [1.807, 2.05) is 0 Å². The zero-order valence-corrected chi connectivity index (χ0v) is 7.34. The predicted octanol–water partition coefficient (Wildman–Crippen LogP) is 1.31. The molecule has 0 aromatic heterocycles. The molecule has 0 N–H and O–H groups in total. The Kier molecular flexibility index (Phi) is 2.99. The Morgan fingerprint density at radius 1 is 1.57 bits per heavy atom. The van der Waals surface area contributed by atoms with Gasteiger partial charge in [0.25, 0.3) is 0 Å². The minimum Gasteiger partial charge on any atom is -0.341 e. The molecule has 1 heterocycles. The largest absolute Gasteiger partial charge is 0.406 e. The maximum atomic E-state index is 12.1. The number of hydrogen-bond donors (Lipinski definition) is 0. The second-order valence-electron chi connectivity index (χ2n) is 3.17. The maximum absolute atomic E-state index is 12.1. The van der Waals surface area contributed by atoms with Gasteiger partial charge in [-0.15, -0.1) is 0 Å². The minimum absolute atomic E-state index is 0.288. The number of halogens is 3. The van der Waals surface area contributed by atoms with Gasteiger partial charge >= 0.3 is 6.18 Å². The molecular weight excluding hydrogens is 197 g/mol. The Hall–Kier alpha value is -1.25. The van der Waals surface area contributed by atoms with E-state index in [1.54, 1.807) is 0 Å². The van der Waals surface area contributed by atoms with Crippen molar-refractivity contribution in [2.45, 2.75) is 19.0 Å². The van der Waals surface area contributed by atoms with Gasteiger partial charge < -0.3 is 4.90 Å². The van der Waals surface area contributed by atoms with E-state index in [1.165, 1.54) is 6.07 Å². The van der Waals surface area contributed by atoms with Crippen molar-refractivity contribution in [1.29, 1.82) is 5.26 Å². The Morgan fingerprint density at radius 2 is 2.21 bits per heavy atom. The number of carbonyl (C=O) groups is 1. The Morgan fingerprint density at radius 3 is 2.57 bits per heavy atom. The van der Waals surface area contributed by atoms with Gasteiger partial charge in [-0.2, -0.15) is 18.4 Å². The van der Waals surface area contributed by atoms with Gasteiger partial charge in [-0.05, 0) is 6.42 Å². The molecule has 0 saturated carbocycles. The lowest BCUT2D eigenvalue weighted by molar-refractivity contribution is -0.164. The molecule has 0 radical (unpaired) electrons. The molecule has 0 spiro atoms. The van der Waals surface area contributed by atoms with Gasteiger partial charge in [0.05, 0.1) is 6.07 Å². The average molecular weight is 206 g/mol. The van der Waals surface area contributed by atoms with Gasteiger partial charge in [-0.1, -0.05) is 0 Å². The summed E-state index contributed by atoms with van der Waals surface area (Å²) in [5, 5.41) is 8.30. The SMILES string of the molecule is N#CC(CN1CCCC1=O)C(F)(F)F. The summed E-state index contributed by atoms with van der Waals surface area (Å²) in [7, 11) is 0. The van der Waals surface area contributed by atoms with Crippen LogP contribution in [-0.2, 0) is 4.79 Å². The summed E-state index contributed by atoms with van der Waals surface area (Å²) in [6.45, 7) is -0.202. The second kappa shape index (κ2) is 3.86. The van der Waals surface area contributed by atoms with Crippen LogP contribution in [0.15, 0.2) is 0 Å². The lowest BCUT2D eigenvalue weighted by Crippen LogP contribution is -2.36. The molecule has 0 aromatic rings.